The largest absolute Gasteiger partial charge is 0.748 e. The van der Waals surface area contributed by atoms with Crippen LogP contribution in [0.3, 0.4) is 0 Å². The zero-order valence-corrected chi connectivity index (χ0v) is 26.3. The van der Waals surface area contributed by atoms with E-state index < -0.39 is 25.7 Å². The van der Waals surface area contributed by atoms with E-state index in [1.165, 1.54) is 0 Å². The van der Waals surface area contributed by atoms with Gasteiger partial charge in [0.1, 0.15) is 4.70 Å². The normalized spacial score (nSPS) is 16.3. The van der Waals surface area contributed by atoms with Gasteiger partial charge in [0.05, 0.1) is 36.7 Å². The highest BCUT2D eigenvalue weighted by Crippen LogP contribution is 2.41. The second kappa shape index (κ2) is 11.8. The van der Waals surface area contributed by atoms with E-state index in [2.05, 4.69) is 34.7 Å². The predicted molar refractivity (Wildman–Crippen MR) is 172 cm³/mol. The van der Waals surface area contributed by atoms with E-state index in [1.54, 1.807) is 11.3 Å². The van der Waals surface area contributed by atoms with Gasteiger partial charge in [0.25, 0.3) is 5.01 Å². The standard InChI is InChI=1S/C31H34N2O6S3/c1-5-23(19-29-32(14-16-41(4,34)35)26-17-21(2)22(3)18-27(26)39-29)20-30-33(13-8-15-42(36,37)38)31-25-10-7-6-9-24(25)11-12-28(31)40-30/h6-7,9-12,17-20H,4-5,8,13-16H2,1-3H3,(H-,34,35,36,37,38). The highest BCUT2D eigenvalue weighted by Gasteiger charge is 2.28. The van der Waals surface area contributed by atoms with Crippen LogP contribution in [0.2, 0.25) is 0 Å². The van der Waals surface area contributed by atoms with Gasteiger partial charge in [0.2, 0.25) is 11.4 Å². The molecule has 0 saturated carbocycles. The van der Waals surface area contributed by atoms with E-state index in [0.717, 1.165) is 48.4 Å². The van der Waals surface area contributed by atoms with E-state index in [-0.39, 0.29) is 18.7 Å². The Morgan fingerprint density at radius 2 is 1.86 bits per heavy atom. The van der Waals surface area contributed by atoms with Crippen molar-refractivity contribution in [1.82, 2.24) is 0 Å². The van der Waals surface area contributed by atoms with Gasteiger partial charge in [-0.25, -0.2) is 12.6 Å². The van der Waals surface area contributed by atoms with E-state index in [1.807, 2.05) is 62.1 Å². The molecule has 5 rings (SSSR count). The molecule has 0 amide bonds. The lowest BCUT2D eigenvalue weighted by Crippen LogP contribution is -2.36. The fourth-order valence-corrected chi connectivity index (χ4v) is 7.22. The Kier molecular flexibility index (Phi) is 8.51. The summed E-state index contributed by atoms with van der Waals surface area (Å²) in [5.41, 5.74) is 4.97. The van der Waals surface area contributed by atoms with E-state index >= 15 is 0 Å². The van der Waals surface area contributed by atoms with Crippen LogP contribution < -0.4 is 14.2 Å². The minimum absolute atomic E-state index is 0.0166. The first-order valence-electron chi connectivity index (χ1n) is 13.7. The smallest absolute Gasteiger partial charge is 0.263 e. The molecule has 222 valence electrons. The fraction of sp³-hybridized carbons (Fsp3) is 0.290. The first-order chi connectivity index (χ1) is 19.8. The number of anilines is 1. The van der Waals surface area contributed by atoms with Crippen molar-refractivity contribution >= 4 is 69.9 Å². The van der Waals surface area contributed by atoms with Crippen LogP contribution in [-0.4, -0.2) is 45.7 Å². The van der Waals surface area contributed by atoms with Gasteiger partial charge in [-0.05, 0) is 72.5 Å². The van der Waals surface area contributed by atoms with Crippen molar-refractivity contribution in [2.45, 2.75) is 40.2 Å². The Hall–Kier alpha value is -3.22. The summed E-state index contributed by atoms with van der Waals surface area (Å²) in [5.74, 6) is 4.19. The quantitative estimate of drug-likeness (QED) is 0.138. The van der Waals surface area contributed by atoms with Gasteiger partial charge in [-0.1, -0.05) is 42.5 Å². The Labute approximate surface area is 251 Å². The summed E-state index contributed by atoms with van der Waals surface area (Å²) >= 11 is 1.60. The second-order valence-electron chi connectivity index (χ2n) is 10.5. The summed E-state index contributed by atoms with van der Waals surface area (Å²) in [5, 5.41) is 3.05. The zero-order chi connectivity index (χ0) is 30.2. The van der Waals surface area contributed by atoms with Crippen molar-refractivity contribution in [2.75, 3.05) is 23.0 Å². The van der Waals surface area contributed by atoms with Crippen molar-refractivity contribution in [3.63, 3.8) is 0 Å². The number of benzene rings is 3. The van der Waals surface area contributed by atoms with E-state index in [0.29, 0.717) is 24.6 Å². The summed E-state index contributed by atoms with van der Waals surface area (Å²) in [4.78, 5) is 1.91. The molecule has 42 heavy (non-hydrogen) atoms. The molecule has 0 bridgehead atoms. The van der Waals surface area contributed by atoms with Crippen LogP contribution in [0.1, 0.15) is 35.9 Å². The van der Waals surface area contributed by atoms with E-state index in [9.17, 15) is 21.7 Å². The molecule has 0 aliphatic carbocycles. The molecular formula is C31H34N2O6S3. The maximum Gasteiger partial charge on any atom is 0.263 e. The number of rotatable bonds is 10. The van der Waals surface area contributed by atoms with Gasteiger partial charge < -0.3 is 18.7 Å². The Morgan fingerprint density at radius 1 is 1.12 bits per heavy atom. The maximum atomic E-state index is 12.1. The molecule has 1 aliphatic heterocycles. The van der Waals surface area contributed by atoms with Crippen molar-refractivity contribution in [3.05, 3.63) is 82.2 Å². The van der Waals surface area contributed by atoms with Crippen molar-refractivity contribution in [2.24, 2.45) is 0 Å². The van der Waals surface area contributed by atoms with Gasteiger partial charge in [-0.15, -0.1) is 0 Å². The van der Waals surface area contributed by atoms with Crippen LogP contribution in [0.5, 0.6) is 5.75 Å². The van der Waals surface area contributed by atoms with Crippen LogP contribution in [0, 0.1) is 13.8 Å². The molecule has 2 heterocycles. The van der Waals surface area contributed by atoms with Gasteiger partial charge in [0, 0.05) is 30.9 Å². The molecule has 8 nitrogen and oxygen atoms in total. The van der Waals surface area contributed by atoms with Crippen LogP contribution in [-0.2, 0) is 26.5 Å². The third-order valence-electron chi connectivity index (χ3n) is 7.40. The molecule has 0 saturated heterocycles. The Balaban J connectivity index is 1.60. The van der Waals surface area contributed by atoms with Crippen LogP contribution in [0.15, 0.2) is 66.1 Å². The van der Waals surface area contributed by atoms with Gasteiger partial charge in [-0.2, -0.15) is 4.57 Å². The third-order valence-corrected chi connectivity index (χ3v) is 10.1. The number of hydrogen-bond donors (Lipinski definition) is 1. The average Bonchev–Trinajstić information content (AvgIpc) is 3.43. The highest BCUT2D eigenvalue weighted by atomic mass is 32.2. The molecule has 1 unspecified atom stereocenters. The number of ether oxygens (including phenoxy) is 1. The SMILES string of the molecule is C=S(=O)(O)CCN1/C(=C/C(=C/c2sc3ccc4ccccc4c3[n+]2CCCS(=O)(=O)[O-])CC)Oc2cc(C)c(C)cc21. The average molecular weight is 627 g/mol. The fourth-order valence-electron chi connectivity index (χ4n) is 5.09. The lowest BCUT2D eigenvalue weighted by molar-refractivity contribution is -0.667. The summed E-state index contributed by atoms with van der Waals surface area (Å²) in [7, 11) is -7.54. The number of thiazole rings is 1. The molecule has 0 fully saturated rings. The first-order valence-corrected chi connectivity index (χ1v) is 17.9. The number of hydrogen-bond acceptors (Lipinski definition) is 7. The van der Waals surface area contributed by atoms with Crippen LogP contribution >= 0.6 is 11.3 Å². The molecule has 1 aromatic heterocycles. The molecule has 3 aromatic carbocycles. The summed E-state index contributed by atoms with van der Waals surface area (Å²) in [6, 6.07) is 16.2. The Morgan fingerprint density at radius 3 is 2.57 bits per heavy atom. The number of nitrogens with zero attached hydrogens (tertiary/aromatic N) is 2. The number of allylic oxidation sites excluding steroid dienone is 2. The van der Waals surface area contributed by atoms with Gasteiger partial charge in [0.15, 0.2) is 12.3 Å². The zero-order valence-electron chi connectivity index (χ0n) is 23.8. The number of fused-ring (bicyclic) bond motifs is 4. The maximum absolute atomic E-state index is 12.1. The molecule has 11 heteroatoms. The number of aryl methyl sites for hydroxylation is 3. The van der Waals surface area contributed by atoms with Crippen molar-refractivity contribution in [3.8, 4) is 5.75 Å². The minimum atomic E-state index is -4.33. The molecule has 0 spiro atoms. The first kappa shape index (κ1) is 30.2. The molecule has 1 N–H and O–H groups in total. The van der Waals surface area contributed by atoms with Crippen molar-refractivity contribution in [1.29, 1.82) is 0 Å². The second-order valence-corrected chi connectivity index (χ2v) is 15.1. The molecule has 1 atom stereocenters. The van der Waals surface area contributed by atoms with Gasteiger partial charge in [-0.3, -0.25) is 0 Å². The monoisotopic (exact) mass is 626 g/mol. The third kappa shape index (κ3) is 6.71. The molecular weight excluding hydrogens is 593 g/mol. The topological polar surface area (TPSA) is 111 Å². The van der Waals surface area contributed by atoms with Crippen molar-refractivity contribution < 1.29 is 31.0 Å². The number of aromatic nitrogens is 1. The lowest BCUT2D eigenvalue weighted by Gasteiger charge is -2.19. The summed E-state index contributed by atoms with van der Waals surface area (Å²) in [6.07, 6.45) is 4.88. The summed E-state index contributed by atoms with van der Waals surface area (Å²) < 4.78 is 65.5. The van der Waals surface area contributed by atoms with E-state index in [4.69, 9.17) is 4.74 Å². The van der Waals surface area contributed by atoms with Crippen LogP contribution in [0.4, 0.5) is 5.69 Å². The molecule has 1 aliphatic rings. The predicted octanol–water partition coefficient (Wildman–Crippen LogP) is 5.62. The van der Waals surface area contributed by atoms with Gasteiger partial charge >= 0.3 is 0 Å². The van der Waals surface area contributed by atoms with Crippen LogP contribution in [0.25, 0.3) is 27.1 Å². The highest BCUT2D eigenvalue weighted by molar-refractivity contribution is 7.95. The lowest BCUT2D eigenvalue weighted by atomic mass is 10.1. The molecule has 4 aromatic rings. The molecule has 0 radical (unpaired) electrons. The Bertz CT molecular complexity index is 1960. The minimum Gasteiger partial charge on any atom is -0.748 e. The summed E-state index contributed by atoms with van der Waals surface area (Å²) in [6.45, 7) is 6.70.